The highest BCUT2D eigenvalue weighted by Gasteiger charge is 2.26. The second-order valence-corrected chi connectivity index (χ2v) is 6.19. The van der Waals surface area contributed by atoms with Crippen LogP contribution in [0, 0.1) is 11.8 Å². The highest BCUT2D eigenvalue weighted by Crippen LogP contribution is 2.28. The second kappa shape index (κ2) is 7.78. The second-order valence-electron chi connectivity index (χ2n) is 6.19. The Morgan fingerprint density at radius 1 is 1.28 bits per heavy atom. The number of carbonyl (C=O) groups is 1. The molecular formula is C15H29NO2. The summed E-state index contributed by atoms with van der Waals surface area (Å²) >= 11 is 0. The summed E-state index contributed by atoms with van der Waals surface area (Å²) in [7, 11) is 0. The van der Waals surface area contributed by atoms with Crippen molar-refractivity contribution in [1.82, 2.24) is 5.32 Å². The van der Waals surface area contributed by atoms with Gasteiger partial charge in [-0.05, 0) is 43.9 Å². The van der Waals surface area contributed by atoms with Crippen molar-refractivity contribution in [2.45, 2.75) is 77.8 Å². The molecule has 0 saturated heterocycles. The molecule has 1 unspecified atom stereocenters. The molecule has 106 valence electrons. The van der Waals surface area contributed by atoms with Crippen LogP contribution in [0.3, 0.4) is 0 Å². The van der Waals surface area contributed by atoms with E-state index in [1.807, 2.05) is 0 Å². The number of hydrogen-bond donors (Lipinski definition) is 2. The smallest absolute Gasteiger partial charge is 0.320 e. The molecule has 1 fully saturated rings. The first kappa shape index (κ1) is 15.5. The summed E-state index contributed by atoms with van der Waals surface area (Å²) in [5.41, 5.74) is 0. The Morgan fingerprint density at radius 2 is 1.89 bits per heavy atom. The molecular weight excluding hydrogens is 226 g/mol. The quantitative estimate of drug-likeness (QED) is 0.732. The van der Waals surface area contributed by atoms with Gasteiger partial charge in [0.25, 0.3) is 0 Å². The van der Waals surface area contributed by atoms with Gasteiger partial charge in [0.2, 0.25) is 0 Å². The lowest BCUT2D eigenvalue weighted by molar-refractivity contribution is -0.140. The fourth-order valence-electron chi connectivity index (χ4n) is 3.02. The normalized spacial score (nSPS) is 26.2. The van der Waals surface area contributed by atoms with Gasteiger partial charge in [-0.1, -0.05) is 33.6 Å². The molecule has 0 aromatic rings. The Balaban J connectivity index is 2.35. The zero-order valence-corrected chi connectivity index (χ0v) is 12.1. The van der Waals surface area contributed by atoms with E-state index in [0.717, 1.165) is 25.2 Å². The van der Waals surface area contributed by atoms with Crippen LogP contribution in [-0.4, -0.2) is 23.2 Å². The first-order valence-corrected chi connectivity index (χ1v) is 7.51. The van der Waals surface area contributed by atoms with Crippen LogP contribution in [-0.2, 0) is 4.79 Å². The highest BCUT2D eigenvalue weighted by atomic mass is 16.4. The van der Waals surface area contributed by atoms with Crippen molar-refractivity contribution in [3.63, 3.8) is 0 Å². The lowest BCUT2D eigenvalue weighted by Crippen LogP contribution is -2.45. The summed E-state index contributed by atoms with van der Waals surface area (Å²) in [5.74, 6) is 0.607. The van der Waals surface area contributed by atoms with Crippen molar-refractivity contribution in [2.24, 2.45) is 11.8 Å². The van der Waals surface area contributed by atoms with Crippen molar-refractivity contribution in [1.29, 1.82) is 0 Å². The van der Waals surface area contributed by atoms with E-state index < -0.39 is 5.97 Å². The molecule has 0 amide bonds. The van der Waals surface area contributed by atoms with Gasteiger partial charge in [-0.15, -0.1) is 0 Å². The van der Waals surface area contributed by atoms with E-state index in [4.69, 9.17) is 0 Å². The highest BCUT2D eigenvalue weighted by molar-refractivity contribution is 5.73. The minimum atomic E-state index is -0.695. The topological polar surface area (TPSA) is 49.3 Å². The van der Waals surface area contributed by atoms with E-state index in [1.54, 1.807) is 0 Å². The summed E-state index contributed by atoms with van der Waals surface area (Å²) in [4.78, 5) is 11.2. The lowest BCUT2D eigenvalue weighted by atomic mass is 9.83. The summed E-state index contributed by atoms with van der Waals surface area (Å²) in [6.45, 7) is 6.40. The van der Waals surface area contributed by atoms with Crippen LogP contribution in [0.25, 0.3) is 0 Å². The molecule has 0 radical (unpaired) electrons. The minimum Gasteiger partial charge on any atom is -0.480 e. The van der Waals surface area contributed by atoms with Crippen LogP contribution in [0.4, 0.5) is 0 Å². The van der Waals surface area contributed by atoms with Gasteiger partial charge in [0.15, 0.2) is 0 Å². The molecule has 1 aliphatic carbocycles. The Kier molecular flexibility index (Phi) is 6.69. The molecule has 1 atom stereocenters. The SMILES string of the molecule is CCCC1CCC(NC(CC(C)C)C(=O)O)CC1. The van der Waals surface area contributed by atoms with Gasteiger partial charge in [-0.25, -0.2) is 0 Å². The Labute approximate surface area is 111 Å². The van der Waals surface area contributed by atoms with Gasteiger partial charge in [0.1, 0.15) is 6.04 Å². The Morgan fingerprint density at radius 3 is 2.33 bits per heavy atom. The lowest BCUT2D eigenvalue weighted by Gasteiger charge is -2.31. The standard InChI is InChI=1S/C15H29NO2/c1-4-5-12-6-8-13(9-7-12)16-14(15(17)18)10-11(2)3/h11-14,16H,4-10H2,1-3H3,(H,17,18). The largest absolute Gasteiger partial charge is 0.480 e. The zero-order valence-electron chi connectivity index (χ0n) is 12.1. The van der Waals surface area contributed by atoms with Crippen LogP contribution < -0.4 is 5.32 Å². The summed E-state index contributed by atoms with van der Waals surface area (Å²) in [5, 5.41) is 12.6. The summed E-state index contributed by atoms with van der Waals surface area (Å²) in [6.07, 6.45) is 8.15. The van der Waals surface area contributed by atoms with E-state index in [9.17, 15) is 9.90 Å². The summed E-state index contributed by atoms with van der Waals surface area (Å²) < 4.78 is 0. The molecule has 1 saturated carbocycles. The molecule has 0 aromatic heterocycles. The third-order valence-corrected chi connectivity index (χ3v) is 3.99. The number of nitrogens with one attached hydrogen (secondary N) is 1. The van der Waals surface area contributed by atoms with Crippen LogP contribution in [0.2, 0.25) is 0 Å². The Hall–Kier alpha value is -0.570. The number of carboxylic acid groups (broad SMARTS) is 1. The molecule has 0 aromatic carbocycles. The predicted octanol–water partition coefficient (Wildman–Crippen LogP) is 3.43. The minimum absolute atomic E-state index is 0.363. The van der Waals surface area contributed by atoms with E-state index in [0.29, 0.717) is 12.0 Å². The number of carboxylic acids is 1. The van der Waals surface area contributed by atoms with Crippen molar-refractivity contribution >= 4 is 5.97 Å². The molecule has 1 rings (SSSR count). The molecule has 0 aliphatic heterocycles. The van der Waals surface area contributed by atoms with Gasteiger partial charge in [-0.3, -0.25) is 4.79 Å². The predicted molar refractivity (Wildman–Crippen MR) is 74.7 cm³/mol. The van der Waals surface area contributed by atoms with Crippen LogP contribution >= 0.6 is 0 Å². The maximum atomic E-state index is 11.2. The zero-order chi connectivity index (χ0) is 13.5. The molecule has 2 N–H and O–H groups in total. The van der Waals surface area contributed by atoms with Crippen LogP contribution in [0.15, 0.2) is 0 Å². The number of rotatable bonds is 7. The van der Waals surface area contributed by atoms with Gasteiger partial charge < -0.3 is 10.4 Å². The van der Waals surface area contributed by atoms with Gasteiger partial charge >= 0.3 is 5.97 Å². The third-order valence-electron chi connectivity index (χ3n) is 3.99. The van der Waals surface area contributed by atoms with Crippen molar-refractivity contribution in [3.8, 4) is 0 Å². The first-order valence-electron chi connectivity index (χ1n) is 7.51. The first-order chi connectivity index (χ1) is 8.52. The monoisotopic (exact) mass is 255 g/mol. The average Bonchev–Trinajstić information content (AvgIpc) is 2.30. The van der Waals surface area contributed by atoms with Crippen molar-refractivity contribution < 1.29 is 9.90 Å². The molecule has 18 heavy (non-hydrogen) atoms. The van der Waals surface area contributed by atoms with Gasteiger partial charge in [0.05, 0.1) is 0 Å². The van der Waals surface area contributed by atoms with Gasteiger partial charge in [0, 0.05) is 6.04 Å². The fourth-order valence-corrected chi connectivity index (χ4v) is 3.02. The average molecular weight is 255 g/mol. The maximum absolute atomic E-state index is 11.2. The van der Waals surface area contributed by atoms with E-state index in [1.165, 1.54) is 25.7 Å². The van der Waals surface area contributed by atoms with Crippen molar-refractivity contribution in [3.05, 3.63) is 0 Å². The molecule has 0 bridgehead atoms. The molecule has 1 aliphatic rings. The van der Waals surface area contributed by atoms with E-state index in [-0.39, 0.29) is 6.04 Å². The van der Waals surface area contributed by atoms with Crippen LogP contribution in [0.1, 0.15) is 65.7 Å². The number of hydrogen-bond acceptors (Lipinski definition) is 2. The summed E-state index contributed by atoms with van der Waals surface area (Å²) in [6, 6.07) is 0.0516. The maximum Gasteiger partial charge on any atom is 0.320 e. The molecule has 3 heteroatoms. The molecule has 3 nitrogen and oxygen atoms in total. The van der Waals surface area contributed by atoms with E-state index in [2.05, 4.69) is 26.1 Å². The van der Waals surface area contributed by atoms with Crippen molar-refractivity contribution in [2.75, 3.05) is 0 Å². The van der Waals surface area contributed by atoms with Crippen LogP contribution in [0.5, 0.6) is 0 Å². The molecule has 0 heterocycles. The molecule has 0 spiro atoms. The van der Waals surface area contributed by atoms with E-state index >= 15 is 0 Å². The van der Waals surface area contributed by atoms with Gasteiger partial charge in [-0.2, -0.15) is 0 Å². The third kappa shape index (κ3) is 5.38. The Bertz CT molecular complexity index is 245. The fraction of sp³-hybridized carbons (Fsp3) is 0.933. The number of aliphatic carboxylic acids is 1.